The van der Waals surface area contributed by atoms with Crippen molar-refractivity contribution in [2.75, 3.05) is 7.05 Å². The van der Waals surface area contributed by atoms with E-state index in [0.717, 1.165) is 12.8 Å². The minimum Gasteiger partial charge on any atom is -0.323 e. The van der Waals surface area contributed by atoms with Gasteiger partial charge in [-0.1, -0.05) is 45.0 Å². The maximum atomic E-state index is 6.53. The van der Waals surface area contributed by atoms with Crippen LogP contribution in [0.3, 0.4) is 0 Å². The standard InChI is InChI=1S/C17H28N2/c1-12(17(2,3)4)19(5)15-11-10-13-8-6-7-9-14(13)16(15)18/h6-9,12,15-16H,10-11,18H2,1-5H3. The molecule has 0 fully saturated rings. The van der Waals surface area contributed by atoms with Crippen molar-refractivity contribution in [3.05, 3.63) is 35.4 Å². The fourth-order valence-electron chi connectivity index (χ4n) is 3.13. The molecule has 19 heavy (non-hydrogen) atoms. The Kier molecular flexibility index (Phi) is 4.03. The molecule has 0 saturated carbocycles. The number of hydrogen-bond donors (Lipinski definition) is 1. The molecule has 2 heteroatoms. The first-order valence-corrected chi connectivity index (χ1v) is 7.37. The summed E-state index contributed by atoms with van der Waals surface area (Å²) >= 11 is 0. The van der Waals surface area contributed by atoms with Gasteiger partial charge < -0.3 is 5.73 Å². The number of nitrogens with two attached hydrogens (primary N) is 1. The highest BCUT2D eigenvalue weighted by Gasteiger charge is 2.34. The van der Waals surface area contributed by atoms with Crippen LogP contribution in [0.5, 0.6) is 0 Å². The van der Waals surface area contributed by atoms with Crippen LogP contribution in [0.2, 0.25) is 0 Å². The summed E-state index contributed by atoms with van der Waals surface area (Å²) in [5.74, 6) is 0. The average molecular weight is 260 g/mol. The summed E-state index contributed by atoms with van der Waals surface area (Å²) in [6.45, 7) is 9.22. The number of hydrogen-bond acceptors (Lipinski definition) is 2. The quantitative estimate of drug-likeness (QED) is 0.883. The summed E-state index contributed by atoms with van der Waals surface area (Å²) in [7, 11) is 2.23. The zero-order valence-electron chi connectivity index (χ0n) is 13.0. The molecule has 0 heterocycles. The van der Waals surface area contributed by atoms with Crippen LogP contribution in [-0.2, 0) is 6.42 Å². The molecular weight excluding hydrogens is 232 g/mol. The average Bonchev–Trinajstić information content (AvgIpc) is 2.37. The Hall–Kier alpha value is -0.860. The second kappa shape index (κ2) is 5.26. The Labute approximate surface area is 118 Å². The summed E-state index contributed by atoms with van der Waals surface area (Å²) in [5.41, 5.74) is 9.59. The molecule has 0 bridgehead atoms. The van der Waals surface area contributed by atoms with Crippen molar-refractivity contribution < 1.29 is 0 Å². The number of nitrogens with zero attached hydrogens (tertiary/aromatic N) is 1. The third-order valence-corrected chi connectivity index (χ3v) is 4.93. The van der Waals surface area contributed by atoms with Gasteiger partial charge in [0.15, 0.2) is 0 Å². The van der Waals surface area contributed by atoms with Gasteiger partial charge in [0, 0.05) is 18.1 Å². The summed E-state index contributed by atoms with van der Waals surface area (Å²) in [6.07, 6.45) is 2.31. The smallest absolute Gasteiger partial charge is 0.0455 e. The first-order valence-electron chi connectivity index (χ1n) is 7.37. The van der Waals surface area contributed by atoms with Gasteiger partial charge in [0.2, 0.25) is 0 Å². The molecule has 0 saturated heterocycles. The number of aryl methyl sites for hydroxylation is 1. The van der Waals surface area contributed by atoms with Crippen molar-refractivity contribution in [3.8, 4) is 0 Å². The Morgan fingerprint density at radius 1 is 1.26 bits per heavy atom. The van der Waals surface area contributed by atoms with Crippen molar-refractivity contribution in [2.24, 2.45) is 11.1 Å². The summed E-state index contributed by atoms with van der Waals surface area (Å²) in [5, 5.41) is 0. The Morgan fingerprint density at radius 2 is 1.89 bits per heavy atom. The molecule has 0 aromatic heterocycles. The van der Waals surface area contributed by atoms with E-state index in [0.29, 0.717) is 12.1 Å². The fraction of sp³-hybridized carbons (Fsp3) is 0.647. The van der Waals surface area contributed by atoms with Crippen LogP contribution in [-0.4, -0.2) is 24.0 Å². The Bertz CT molecular complexity index is 433. The maximum Gasteiger partial charge on any atom is 0.0455 e. The van der Waals surface area contributed by atoms with Gasteiger partial charge in [-0.25, -0.2) is 0 Å². The molecule has 0 aliphatic heterocycles. The van der Waals surface area contributed by atoms with Gasteiger partial charge in [-0.2, -0.15) is 0 Å². The minimum absolute atomic E-state index is 0.139. The second-order valence-electron chi connectivity index (χ2n) is 7.04. The van der Waals surface area contributed by atoms with Crippen LogP contribution in [0.25, 0.3) is 0 Å². The maximum absolute atomic E-state index is 6.53. The lowest BCUT2D eigenvalue weighted by Crippen LogP contribution is -2.50. The van der Waals surface area contributed by atoms with Crippen LogP contribution in [0.4, 0.5) is 0 Å². The van der Waals surface area contributed by atoms with Crippen LogP contribution in [0, 0.1) is 5.41 Å². The lowest BCUT2D eigenvalue weighted by molar-refractivity contribution is 0.0762. The predicted octanol–water partition coefficient (Wildman–Crippen LogP) is 3.37. The van der Waals surface area contributed by atoms with Crippen LogP contribution in [0.15, 0.2) is 24.3 Å². The van der Waals surface area contributed by atoms with Gasteiger partial charge in [-0.05, 0) is 43.4 Å². The molecule has 0 amide bonds. The summed E-state index contributed by atoms with van der Waals surface area (Å²) in [4.78, 5) is 2.49. The van der Waals surface area contributed by atoms with Gasteiger partial charge in [0.05, 0.1) is 0 Å². The van der Waals surface area contributed by atoms with E-state index >= 15 is 0 Å². The van der Waals surface area contributed by atoms with Crippen LogP contribution >= 0.6 is 0 Å². The zero-order valence-corrected chi connectivity index (χ0v) is 13.0. The van der Waals surface area contributed by atoms with Crippen molar-refractivity contribution in [1.29, 1.82) is 0 Å². The SMILES string of the molecule is CC(N(C)C1CCc2ccccc2C1N)C(C)(C)C. The normalized spacial score (nSPS) is 25.2. The molecule has 2 rings (SSSR count). The van der Waals surface area contributed by atoms with Crippen molar-refractivity contribution in [1.82, 2.24) is 4.90 Å². The highest BCUT2D eigenvalue weighted by Crippen LogP contribution is 2.34. The highest BCUT2D eigenvalue weighted by molar-refractivity contribution is 5.33. The first-order chi connectivity index (χ1) is 8.82. The van der Waals surface area contributed by atoms with Crippen LogP contribution < -0.4 is 5.73 Å². The number of rotatable bonds is 2. The van der Waals surface area contributed by atoms with Crippen LogP contribution in [0.1, 0.15) is 51.3 Å². The van der Waals surface area contributed by atoms with Gasteiger partial charge in [-0.3, -0.25) is 4.90 Å². The molecule has 1 aliphatic rings. The minimum atomic E-state index is 0.139. The van der Waals surface area contributed by atoms with Crippen molar-refractivity contribution in [3.63, 3.8) is 0 Å². The number of fused-ring (bicyclic) bond motifs is 1. The summed E-state index contributed by atoms with van der Waals surface area (Å²) < 4.78 is 0. The van der Waals surface area contributed by atoms with E-state index in [4.69, 9.17) is 5.73 Å². The van der Waals surface area contributed by atoms with E-state index in [9.17, 15) is 0 Å². The molecule has 0 radical (unpaired) electrons. The Balaban J connectivity index is 2.20. The van der Waals surface area contributed by atoms with E-state index in [1.54, 1.807) is 0 Å². The third kappa shape index (κ3) is 2.85. The monoisotopic (exact) mass is 260 g/mol. The zero-order chi connectivity index (χ0) is 14.2. The molecule has 3 atom stereocenters. The molecule has 1 aliphatic carbocycles. The lowest BCUT2D eigenvalue weighted by atomic mass is 9.80. The van der Waals surface area contributed by atoms with E-state index in [-0.39, 0.29) is 11.5 Å². The largest absolute Gasteiger partial charge is 0.323 e. The molecular formula is C17H28N2. The van der Waals surface area contributed by atoms with Gasteiger partial charge in [0.25, 0.3) is 0 Å². The van der Waals surface area contributed by atoms with Crippen molar-refractivity contribution >= 4 is 0 Å². The molecule has 1 aromatic carbocycles. The molecule has 0 spiro atoms. The molecule has 1 aromatic rings. The summed E-state index contributed by atoms with van der Waals surface area (Å²) in [6, 6.07) is 9.75. The molecule has 3 unspecified atom stereocenters. The lowest BCUT2D eigenvalue weighted by Gasteiger charge is -2.44. The van der Waals surface area contributed by atoms with Gasteiger partial charge >= 0.3 is 0 Å². The number of benzene rings is 1. The molecule has 106 valence electrons. The Morgan fingerprint density at radius 3 is 2.53 bits per heavy atom. The van der Waals surface area contributed by atoms with E-state index in [2.05, 4.69) is 63.9 Å². The fourth-order valence-corrected chi connectivity index (χ4v) is 3.13. The third-order valence-electron chi connectivity index (χ3n) is 4.93. The van der Waals surface area contributed by atoms with E-state index in [1.165, 1.54) is 11.1 Å². The van der Waals surface area contributed by atoms with Gasteiger partial charge in [0.1, 0.15) is 0 Å². The predicted molar refractivity (Wildman–Crippen MR) is 82.2 cm³/mol. The van der Waals surface area contributed by atoms with Gasteiger partial charge in [-0.15, -0.1) is 0 Å². The molecule has 2 N–H and O–H groups in total. The highest BCUT2D eigenvalue weighted by atomic mass is 15.2. The van der Waals surface area contributed by atoms with Crippen molar-refractivity contribution in [2.45, 2.75) is 58.7 Å². The molecule has 2 nitrogen and oxygen atoms in total. The van der Waals surface area contributed by atoms with E-state index < -0.39 is 0 Å². The topological polar surface area (TPSA) is 29.3 Å². The number of likely N-dealkylation sites (N-methyl/N-ethyl adjacent to an activating group) is 1. The first kappa shape index (κ1) is 14.5. The second-order valence-corrected chi connectivity index (χ2v) is 7.04. The van der Waals surface area contributed by atoms with E-state index in [1.807, 2.05) is 0 Å².